The van der Waals surface area contributed by atoms with E-state index in [9.17, 15) is 10.2 Å². The van der Waals surface area contributed by atoms with Crippen molar-refractivity contribution in [2.24, 2.45) is 11.8 Å². The second-order valence-electron chi connectivity index (χ2n) is 14.3. The monoisotopic (exact) mass is 527 g/mol. The van der Waals surface area contributed by atoms with Gasteiger partial charge < -0.3 is 14.7 Å². The summed E-state index contributed by atoms with van der Waals surface area (Å²) in [5.41, 5.74) is 6.89. The van der Waals surface area contributed by atoms with Crippen molar-refractivity contribution in [3.63, 3.8) is 0 Å². The van der Waals surface area contributed by atoms with Gasteiger partial charge in [-0.15, -0.1) is 6.58 Å². The van der Waals surface area contributed by atoms with Crippen molar-refractivity contribution in [2.45, 2.75) is 90.5 Å². The first kappa shape index (κ1) is 28.0. The number of aromatic nitrogens is 1. The predicted molar refractivity (Wildman–Crippen MR) is 160 cm³/mol. The molecule has 3 aromatic rings. The third-order valence-electron chi connectivity index (χ3n) is 9.60. The lowest BCUT2D eigenvalue weighted by atomic mass is 9.71. The highest BCUT2D eigenvalue weighted by atomic mass is 16.3. The lowest BCUT2D eigenvalue weighted by molar-refractivity contribution is -0.984. The number of benzene rings is 2. The van der Waals surface area contributed by atoms with Crippen molar-refractivity contribution in [1.29, 1.82) is 0 Å². The van der Waals surface area contributed by atoms with Crippen LogP contribution in [0.15, 0.2) is 61.3 Å². The Morgan fingerprint density at radius 1 is 1.00 bits per heavy atom. The summed E-state index contributed by atoms with van der Waals surface area (Å²) in [6.07, 6.45) is 5.55. The van der Waals surface area contributed by atoms with Gasteiger partial charge in [-0.05, 0) is 69.3 Å². The molecule has 208 valence electrons. The molecule has 3 aliphatic rings. The molecule has 2 aromatic carbocycles. The van der Waals surface area contributed by atoms with Crippen molar-refractivity contribution in [1.82, 2.24) is 4.98 Å². The maximum Gasteiger partial charge on any atom is 0.131 e. The molecule has 0 aliphatic carbocycles. The Morgan fingerprint density at radius 3 is 2.31 bits per heavy atom. The van der Waals surface area contributed by atoms with Gasteiger partial charge in [-0.3, -0.25) is 4.98 Å². The summed E-state index contributed by atoms with van der Waals surface area (Å²) in [5, 5.41) is 22.9. The van der Waals surface area contributed by atoms with Crippen LogP contribution in [0.25, 0.3) is 10.9 Å². The minimum absolute atomic E-state index is 0.0207. The van der Waals surface area contributed by atoms with E-state index >= 15 is 0 Å². The van der Waals surface area contributed by atoms with Crippen molar-refractivity contribution in [2.75, 3.05) is 13.1 Å². The van der Waals surface area contributed by atoms with Crippen LogP contribution in [0.4, 0.5) is 0 Å². The second kappa shape index (κ2) is 10.1. The molecule has 3 saturated heterocycles. The highest BCUT2D eigenvalue weighted by Gasteiger charge is 2.54. The fourth-order valence-corrected chi connectivity index (χ4v) is 7.17. The summed E-state index contributed by atoms with van der Waals surface area (Å²) in [5.74, 6) is 1.04. The zero-order chi connectivity index (χ0) is 28.2. The van der Waals surface area contributed by atoms with Crippen LogP contribution in [0, 0.1) is 11.8 Å². The van der Waals surface area contributed by atoms with Crippen LogP contribution >= 0.6 is 0 Å². The van der Waals surface area contributed by atoms with Gasteiger partial charge in [-0.2, -0.15) is 0 Å². The van der Waals surface area contributed by atoms with Crippen molar-refractivity contribution in [3.8, 4) is 0 Å². The van der Waals surface area contributed by atoms with Gasteiger partial charge in [0.25, 0.3) is 0 Å². The number of aliphatic hydroxyl groups excluding tert-OH is 2. The Balaban J connectivity index is 1.60. The highest BCUT2D eigenvalue weighted by molar-refractivity contribution is 5.83. The molecule has 0 spiro atoms. The molecule has 5 atom stereocenters. The third kappa shape index (κ3) is 5.31. The molecule has 2 bridgehead atoms. The number of hydrogen-bond acceptors (Lipinski definition) is 3. The average Bonchev–Trinajstić information content (AvgIpc) is 2.90. The molecule has 2 N–H and O–H groups in total. The Labute approximate surface area is 235 Å². The number of piperidine rings is 3. The molecule has 3 aliphatic heterocycles. The van der Waals surface area contributed by atoms with Crippen LogP contribution < -0.4 is 0 Å². The quantitative estimate of drug-likeness (QED) is 0.269. The molecule has 0 radical (unpaired) electrons. The summed E-state index contributed by atoms with van der Waals surface area (Å²) >= 11 is 0. The van der Waals surface area contributed by atoms with Gasteiger partial charge in [0.05, 0.1) is 25.2 Å². The number of fused-ring (bicyclic) bond motifs is 4. The average molecular weight is 528 g/mol. The van der Waals surface area contributed by atoms with Crippen LogP contribution in [-0.2, 0) is 24.0 Å². The smallest absolute Gasteiger partial charge is 0.131 e. The summed E-state index contributed by atoms with van der Waals surface area (Å²) in [6.45, 7) is 21.0. The van der Waals surface area contributed by atoms with Gasteiger partial charge in [0.15, 0.2) is 0 Å². The standard InChI is InChI=1S/C35H47N2O2/c1-8-25-21-37(20-24-15-27(34(2,3)4)19-28(16-24)35(5,6)7)14-12-26(25)18-32(37)33(39)29-11-13-36-31-10-9-23(22-38)17-30(29)31/h8-11,13,15-17,19,25-26,32-33,38-39H,1,12,14,18,20-22H2,2-7H3/q+1/t25?,26?,32-,33+,37?/m1/s1. The fraction of sp³-hybridized carbons (Fsp3) is 0.514. The van der Waals surface area contributed by atoms with E-state index in [2.05, 4.69) is 77.4 Å². The molecule has 1 aromatic heterocycles. The number of pyridine rings is 1. The van der Waals surface area contributed by atoms with Crippen LogP contribution in [0.2, 0.25) is 0 Å². The zero-order valence-corrected chi connectivity index (χ0v) is 24.7. The minimum atomic E-state index is -0.606. The Morgan fingerprint density at radius 2 is 1.69 bits per heavy atom. The second-order valence-corrected chi connectivity index (χ2v) is 14.3. The topological polar surface area (TPSA) is 53.4 Å². The van der Waals surface area contributed by atoms with E-state index in [0.717, 1.165) is 52.6 Å². The van der Waals surface area contributed by atoms with Crippen LogP contribution in [0.3, 0.4) is 0 Å². The van der Waals surface area contributed by atoms with Crippen LogP contribution in [0.1, 0.15) is 88.3 Å². The summed E-state index contributed by atoms with van der Waals surface area (Å²) in [4.78, 5) is 4.56. The molecule has 4 heteroatoms. The summed E-state index contributed by atoms with van der Waals surface area (Å²) < 4.78 is 0.884. The molecule has 4 nitrogen and oxygen atoms in total. The molecule has 3 fully saturated rings. The lowest BCUT2D eigenvalue weighted by Crippen LogP contribution is -2.67. The lowest BCUT2D eigenvalue weighted by Gasteiger charge is -2.58. The van der Waals surface area contributed by atoms with Gasteiger partial charge >= 0.3 is 0 Å². The van der Waals surface area contributed by atoms with E-state index < -0.39 is 6.10 Å². The maximum absolute atomic E-state index is 12.2. The SMILES string of the molecule is C=CC1C[N+]2(Cc3cc(C(C)(C)C)cc(C(C)(C)C)c3)CCC1C[C@@H]2[C@@H](O)c1ccnc2ccc(CO)cc12. The van der Waals surface area contributed by atoms with E-state index in [1.54, 1.807) is 0 Å². The van der Waals surface area contributed by atoms with Crippen LogP contribution in [-0.4, -0.2) is 38.8 Å². The van der Waals surface area contributed by atoms with E-state index in [1.165, 1.54) is 23.1 Å². The maximum atomic E-state index is 12.2. The van der Waals surface area contributed by atoms with E-state index in [4.69, 9.17) is 0 Å². The normalized spacial score (nSPS) is 26.1. The highest BCUT2D eigenvalue weighted by Crippen LogP contribution is 2.48. The Bertz CT molecular complexity index is 1330. The van der Waals surface area contributed by atoms with E-state index in [-0.39, 0.29) is 23.5 Å². The largest absolute Gasteiger partial charge is 0.392 e. The van der Waals surface area contributed by atoms with E-state index in [1.807, 2.05) is 30.5 Å². The van der Waals surface area contributed by atoms with Crippen molar-refractivity contribution in [3.05, 3.63) is 89.1 Å². The first-order valence-electron chi connectivity index (χ1n) is 14.6. The first-order valence-corrected chi connectivity index (χ1v) is 14.6. The van der Waals surface area contributed by atoms with Gasteiger partial charge in [0.1, 0.15) is 18.7 Å². The van der Waals surface area contributed by atoms with Gasteiger partial charge in [-0.25, -0.2) is 0 Å². The molecule has 3 unspecified atom stereocenters. The molecule has 39 heavy (non-hydrogen) atoms. The number of hydrogen-bond donors (Lipinski definition) is 2. The van der Waals surface area contributed by atoms with Crippen LogP contribution in [0.5, 0.6) is 0 Å². The molecular formula is C35H47N2O2+. The number of aliphatic hydroxyl groups is 2. The van der Waals surface area contributed by atoms with Gasteiger partial charge in [0.2, 0.25) is 0 Å². The number of nitrogens with zero attached hydrogens (tertiary/aromatic N) is 2. The third-order valence-corrected chi connectivity index (χ3v) is 9.60. The molecule has 0 amide bonds. The zero-order valence-electron chi connectivity index (χ0n) is 24.7. The molecular weight excluding hydrogens is 480 g/mol. The van der Waals surface area contributed by atoms with Gasteiger partial charge in [-0.1, -0.05) is 59.8 Å². The first-order chi connectivity index (χ1) is 18.3. The fourth-order valence-electron chi connectivity index (χ4n) is 7.17. The van der Waals surface area contributed by atoms with E-state index in [0.29, 0.717) is 11.8 Å². The number of quaternary nitrogens is 1. The van der Waals surface area contributed by atoms with Crippen molar-refractivity contribution >= 4 is 10.9 Å². The molecule has 4 heterocycles. The number of rotatable bonds is 6. The predicted octanol–water partition coefficient (Wildman–Crippen LogP) is 6.97. The molecule has 0 saturated carbocycles. The summed E-state index contributed by atoms with van der Waals surface area (Å²) in [7, 11) is 0. The Hall–Kier alpha value is -2.53. The Kier molecular flexibility index (Phi) is 7.28. The molecule has 6 rings (SSSR count). The van der Waals surface area contributed by atoms with Gasteiger partial charge in [0, 0.05) is 35.9 Å². The minimum Gasteiger partial charge on any atom is -0.392 e. The summed E-state index contributed by atoms with van der Waals surface area (Å²) in [6, 6.07) is 15.2. The van der Waals surface area contributed by atoms with Crippen molar-refractivity contribution < 1.29 is 14.7 Å².